The van der Waals surface area contributed by atoms with Crippen LogP contribution in [0.25, 0.3) is 5.76 Å². The van der Waals surface area contributed by atoms with Crippen molar-refractivity contribution in [2.45, 2.75) is 18.4 Å². The number of fused-ring (bicyclic) bond motifs is 3. The second-order valence-corrected chi connectivity index (χ2v) is 7.68. The van der Waals surface area contributed by atoms with Crippen LogP contribution in [0.3, 0.4) is 0 Å². The smallest absolute Gasteiger partial charge is 0.347 e. The molecule has 0 spiro atoms. The van der Waals surface area contributed by atoms with E-state index < -0.39 is 39.5 Å². The lowest BCUT2D eigenvalue weighted by atomic mass is 9.78. The van der Waals surface area contributed by atoms with E-state index in [-0.39, 0.29) is 28.3 Å². The van der Waals surface area contributed by atoms with Crippen molar-refractivity contribution in [2.75, 3.05) is 11.5 Å². The lowest BCUT2D eigenvalue weighted by Crippen LogP contribution is -2.59. The minimum atomic E-state index is -2.06. The lowest BCUT2D eigenvalue weighted by molar-refractivity contribution is -0.384. The van der Waals surface area contributed by atoms with Crippen LogP contribution in [-0.4, -0.2) is 39.8 Å². The number of anilines is 1. The summed E-state index contributed by atoms with van der Waals surface area (Å²) >= 11 is 0. The molecule has 166 valence electrons. The fourth-order valence-electron chi connectivity index (χ4n) is 4.45. The summed E-state index contributed by atoms with van der Waals surface area (Å²) in [7, 11) is 0. The molecule has 5 rings (SSSR count). The van der Waals surface area contributed by atoms with Gasteiger partial charge in [0.15, 0.2) is 5.75 Å². The minimum Gasteiger partial charge on any atom is -0.507 e. The summed E-state index contributed by atoms with van der Waals surface area (Å²) in [6.07, 6.45) is 2.15. The van der Waals surface area contributed by atoms with Gasteiger partial charge in [0, 0.05) is 23.3 Å². The highest BCUT2D eigenvalue weighted by Crippen LogP contribution is 2.52. The molecule has 0 radical (unpaired) electrons. The first kappa shape index (κ1) is 20.4. The van der Waals surface area contributed by atoms with E-state index in [0.29, 0.717) is 19.4 Å². The number of esters is 1. The number of amides is 1. The molecule has 0 saturated carbocycles. The molecule has 1 fully saturated rings. The van der Waals surface area contributed by atoms with Gasteiger partial charge in [-0.15, -0.1) is 0 Å². The number of carbonyl (C=O) groups is 3. The molecule has 3 aliphatic heterocycles. The summed E-state index contributed by atoms with van der Waals surface area (Å²) in [4.78, 5) is 51.5. The van der Waals surface area contributed by atoms with Crippen LogP contribution in [0.1, 0.15) is 18.4 Å². The summed E-state index contributed by atoms with van der Waals surface area (Å²) < 4.78 is 11.0. The van der Waals surface area contributed by atoms with Crippen molar-refractivity contribution in [2.24, 2.45) is 0 Å². The SMILES string of the molecule is O=C1C(=O)N2c3ccccc3OC(=O)C2(C2=COCCC2)/C1=C(\O)c1ccc([N+](=O)[O-])cc1. The van der Waals surface area contributed by atoms with Crippen LogP contribution >= 0.6 is 0 Å². The Bertz CT molecular complexity index is 1290. The molecule has 1 amide bonds. The van der Waals surface area contributed by atoms with Crippen LogP contribution in [0, 0.1) is 10.1 Å². The third-order valence-corrected chi connectivity index (χ3v) is 5.91. The van der Waals surface area contributed by atoms with E-state index in [4.69, 9.17) is 9.47 Å². The first-order chi connectivity index (χ1) is 15.9. The zero-order chi connectivity index (χ0) is 23.3. The van der Waals surface area contributed by atoms with Gasteiger partial charge in [-0.25, -0.2) is 4.79 Å². The van der Waals surface area contributed by atoms with E-state index in [2.05, 4.69) is 0 Å². The molecule has 1 N–H and O–H groups in total. The van der Waals surface area contributed by atoms with Gasteiger partial charge in [-0.05, 0) is 37.1 Å². The van der Waals surface area contributed by atoms with Gasteiger partial charge in [0.05, 0.1) is 29.1 Å². The third kappa shape index (κ3) is 2.77. The highest BCUT2D eigenvalue weighted by Gasteiger charge is 2.67. The van der Waals surface area contributed by atoms with Gasteiger partial charge in [-0.2, -0.15) is 0 Å². The molecule has 0 bridgehead atoms. The standard InChI is InChI=1S/C23H16N2O8/c26-19(13-7-9-15(10-8-13)25(30)31)18-20(27)21(28)24-16-5-1-2-6-17(16)33-22(29)23(18,24)14-4-3-11-32-12-14/h1-2,5-10,12,26H,3-4,11H2/b19-18-. The number of hydrogen-bond donors (Lipinski definition) is 1. The Hall–Kier alpha value is -4.47. The van der Waals surface area contributed by atoms with Crippen molar-refractivity contribution in [1.29, 1.82) is 0 Å². The Morgan fingerprint density at radius 1 is 1.09 bits per heavy atom. The number of Topliss-reactive ketones (excluding diaryl/α,β-unsaturated/α-hetero) is 1. The van der Waals surface area contributed by atoms with Crippen LogP contribution < -0.4 is 9.64 Å². The Balaban J connectivity index is 1.81. The monoisotopic (exact) mass is 448 g/mol. The molecule has 3 aliphatic rings. The normalized spacial score (nSPS) is 23.2. The highest BCUT2D eigenvalue weighted by atomic mass is 16.6. The Labute approximate surface area is 186 Å². The number of aliphatic hydroxyl groups excluding tert-OH is 1. The van der Waals surface area contributed by atoms with E-state index in [1.54, 1.807) is 12.1 Å². The fourth-order valence-corrected chi connectivity index (χ4v) is 4.45. The predicted molar refractivity (Wildman–Crippen MR) is 113 cm³/mol. The molecule has 10 heteroatoms. The first-order valence-electron chi connectivity index (χ1n) is 10.1. The number of nitro benzene ring substituents is 1. The number of ether oxygens (including phenoxy) is 2. The molecular weight excluding hydrogens is 432 g/mol. The van der Waals surface area contributed by atoms with Crippen LogP contribution in [0.15, 0.2) is 65.9 Å². The number of para-hydroxylation sites is 2. The van der Waals surface area contributed by atoms with E-state index in [9.17, 15) is 29.6 Å². The van der Waals surface area contributed by atoms with Gasteiger partial charge in [-0.1, -0.05) is 12.1 Å². The summed E-state index contributed by atoms with van der Waals surface area (Å²) in [5.41, 5.74) is -2.24. The number of ketones is 1. The number of hydrogen-bond acceptors (Lipinski definition) is 8. The molecule has 1 atom stereocenters. The molecule has 1 saturated heterocycles. The number of aliphatic hydroxyl groups is 1. The second kappa shape index (κ2) is 7.30. The number of nitrogens with zero attached hydrogens (tertiary/aromatic N) is 2. The summed E-state index contributed by atoms with van der Waals surface area (Å²) in [6.45, 7) is 0.389. The van der Waals surface area contributed by atoms with Gasteiger partial charge in [-0.3, -0.25) is 24.6 Å². The second-order valence-electron chi connectivity index (χ2n) is 7.68. The Morgan fingerprint density at radius 3 is 2.48 bits per heavy atom. The number of non-ortho nitro benzene ring substituents is 1. The van der Waals surface area contributed by atoms with Crippen molar-refractivity contribution < 1.29 is 33.9 Å². The van der Waals surface area contributed by atoms with Crippen LogP contribution in [-0.2, 0) is 19.1 Å². The number of carbonyl (C=O) groups excluding carboxylic acids is 3. The van der Waals surface area contributed by atoms with Crippen LogP contribution in [0.2, 0.25) is 0 Å². The van der Waals surface area contributed by atoms with Crippen molar-refractivity contribution in [1.82, 2.24) is 0 Å². The molecular formula is C23H16N2O8. The average molecular weight is 448 g/mol. The zero-order valence-corrected chi connectivity index (χ0v) is 17.0. The van der Waals surface area contributed by atoms with E-state index in [0.717, 1.165) is 17.0 Å². The number of benzene rings is 2. The molecule has 33 heavy (non-hydrogen) atoms. The Morgan fingerprint density at radius 2 is 1.82 bits per heavy atom. The third-order valence-electron chi connectivity index (χ3n) is 5.91. The Kier molecular flexibility index (Phi) is 4.52. The molecule has 2 aromatic carbocycles. The van der Waals surface area contributed by atoms with E-state index >= 15 is 0 Å². The topological polar surface area (TPSA) is 136 Å². The van der Waals surface area contributed by atoms with Crippen molar-refractivity contribution in [3.63, 3.8) is 0 Å². The minimum absolute atomic E-state index is 0.0296. The molecule has 0 aromatic heterocycles. The summed E-state index contributed by atoms with van der Waals surface area (Å²) in [5.74, 6) is -3.55. The molecule has 1 unspecified atom stereocenters. The van der Waals surface area contributed by atoms with Crippen molar-refractivity contribution in [3.8, 4) is 5.75 Å². The first-order valence-corrected chi connectivity index (χ1v) is 10.1. The van der Waals surface area contributed by atoms with E-state index in [1.165, 1.54) is 30.5 Å². The quantitative estimate of drug-likeness (QED) is 0.144. The lowest BCUT2D eigenvalue weighted by Gasteiger charge is -2.42. The largest absolute Gasteiger partial charge is 0.507 e. The highest BCUT2D eigenvalue weighted by molar-refractivity contribution is 6.55. The summed E-state index contributed by atoms with van der Waals surface area (Å²) in [6, 6.07) is 11.1. The molecule has 3 heterocycles. The van der Waals surface area contributed by atoms with Gasteiger partial charge in [0.2, 0.25) is 5.54 Å². The van der Waals surface area contributed by atoms with Crippen LogP contribution in [0.5, 0.6) is 5.75 Å². The van der Waals surface area contributed by atoms with E-state index in [1.807, 2.05) is 0 Å². The maximum Gasteiger partial charge on any atom is 0.347 e. The number of nitro groups is 1. The van der Waals surface area contributed by atoms with Gasteiger partial charge in [0.1, 0.15) is 5.76 Å². The fraction of sp³-hybridized carbons (Fsp3) is 0.174. The maximum absolute atomic E-state index is 13.5. The molecule has 2 aromatic rings. The number of rotatable bonds is 3. The molecule has 10 nitrogen and oxygen atoms in total. The van der Waals surface area contributed by atoms with Crippen molar-refractivity contribution in [3.05, 3.63) is 81.6 Å². The van der Waals surface area contributed by atoms with Gasteiger partial charge >= 0.3 is 11.9 Å². The van der Waals surface area contributed by atoms with Crippen LogP contribution in [0.4, 0.5) is 11.4 Å². The zero-order valence-electron chi connectivity index (χ0n) is 17.0. The van der Waals surface area contributed by atoms with Gasteiger partial charge in [0.25, 0.3) is 11.5 Å². The summed E-state index contributed by atoms with van der Waals surface area (Å²) in [5, 5.41) is 22.2. The van der Waals surface area contributed by atoms with Crippen molar-refractivity contribution >= 4 is 34.8 Å². The average Bonchev–Trinajstić information content (AvgIpc) is 3.08. The maximum atomic E-state index is 13.5. The molecule has 0 aliphatic carbocycles. The van der Waals surface area contributed by atoms with Gasteiger partial charge < -0.3 is 14.6 Å². The predicted octanol–water partition coefficient (Wildman–Crippen LogP) is 2.83.